The van der Waals surface area contributed by atoms with Crippen molar-refractivity contribution >= 4 is 11.9 Å². The molecule has 0 saturated heterocycles. The van der Waals surface area contributed by atoms with Crippen LogP contribution in [0.15, 0.2) is 48.5 Å². The van der Waals surface area contributed by atoms with Gasteiger partial charge < -0.3 is 19.9 Å². The zero-order valence-electron chi connectivity index (χ0n) is 12.6. The summed E-state index contributed by atoms with van der Waals surface area (Å²) in [6, 6.07) is 13.5. The summed E-state index contributed by atoms with van der Waals surface area (Å²) < 4.78 is 10.5. The van der Waals surface area contributed by atoms with Gasteiger partial charge in [0.2, 0.25) is 0 Å². The highest BCUT2D eigenvalue weighted by Crippen LogP contribution is 2.18. The predicted molar refractivity (Wildman–Crippen MR) is 83.7 cm³/mol. The highest BCUT2D eigenvalue weighted by Gasteiger charge is 2.12. The number of hydrogen-bond donors (Lipinski definition) is 2. The summed E-state index contributed by atoms with van der Waals surface area (Å²) in [6.07, 6.45) is 0. The van der Waals surface area contributed by atoms with E-state index in [1.165, 1.54) is 12.1 Å². The molecule has 0 aromatic heterocycles. The van der Waals surface area contributed by atoms with Crippen LogP contribution in [0.4, 0.5) is 0 Å². The number of amides is 1. The number of ether oxygens (including phenoxy) is 2. The van der Waals surface area contributed by atoms with Crippen LogP contribution >= 0.6 is 0 Å². The predicted octanol–water partition coefficient (Wildman–Crippen LogP) is 2.09. The van der Waals surface area contributed by atoms with E-state index in [1.807, 2.05) is 18.2 Å². The molecule has 0 heterocycles. The summed E-state index contributed by atoms with van der Waals surface area (Å²) >= 11 is 0. The van der Waals surface area contributed by atoms with E-state index >= 15 is 0 Å². The molecule has 0 spiro atoms. The highest BCUT2D eigenvalue weighted by atomic mass is 16.5. The molecular weight excluding hydrogens is 298 g/mol. The average molecular weight is 315 g/mol. The third-order valence-corrected chi connectivity index (χ3v) is 3.14. The molecular formula is C17H17NO5. The number of benzene rings is 2. The Balaban J connectivity index is 1.90. The fourth-order valence-corrected chi connectivity index (χ4v) is 2.01. The molecule has 1 amide bonds. The lowest BCUT2D eigenvalue weighted by Gasteiger charge is -2.11. The van der Waals surface area contributed by atoms with Crippen molar-refractivity contribution in [2.45, 2.75) is 6.54 Å². The first-order valence-corrected chi connectivity index (χ1v) is 6.95. The van der Waals surface area contributed by atoms with Crippen LogP contribution in [-0.2, 0) is 11.3 Å². The van der Waals surface area contributed by atoms with Crippen LogP contribution in [0.1, 0.15) is 15.9 Å². The van der Waals surface area contributed by atoms with E-state index in [4.69, 9.17) is 14.6 Å². The van der Waals surface area contributed by atoms with Gasteiger partial charge in [-0.2, -0.15) is 0 Å². The maximum Gasteiger partial charge on any atom is 0.339 e. The molecule has 2 rings (SSSR count). The van der Waals surface area contributed by atoms with Gasteiger partial charge in [-0.15, -0.1) is 0 Å². The van der Waals surface area contributed by atoms with Gasteiger partial charge in [0, 0.05) is 12.1 Å². The number of carbonyl (C=O) groups excluding carboxylic acids is 1. The Bertz CT molecular complexity index is 699. The molecule has 2 N–H and O–H groups in total. The van der Waals surface area contributed by atoms with Crippen LogP contribution in [0, 0.1) is 0 Å². The van der Waals surface area contributed by atoms with Crippen LogP contribution < -0.4 is 14.8 Å². The first kappa shape index (κ1) is 16.4. The third-order valence-electron chi connectivity index (χ3n) is 3.14. The molecule has 0 aliphatic carbocycles. The molecule has 6 heteroatoms. The molecule has 0 radical (unpaired) electrons. The maximum atomic E-state index is 11.8. The Kier molecular flexibility index (Phi) is 5.57. The Hall–Kier alpha value is -3.02. The van der Waals surface area contributed by atoms with Crippen LogP contribution in [0.3, 0.4) is 0 Å². The van der Waals surface area contributed by atoms with Gasteiger partial charge in [0.25, 0.3) is 5.91 Å². The summed E-state index contributed by atoms with van der Waals surface area (Å²) in [5.41, 5.74) is 0.860. The fraction of sp³-hybridized carbons (Fsp3) is 0.176. The van der Waals surface area contributed by atoms with Crippen molar-refractivity contribution in [1.82, 2.24) is 5.32 Å². The van der Waals surface area contributed by atoms with E-state index in [2.05, 4.69) is 5.32 Å². The van der Waals surface area contributed by atoms with Crippen LogP contribution in [0.5, 0.6) is 11.5 Å². The minimum atomic E-state index is -1.10. The quantitative estimate of drug-likeness (QED) is 0.817. The normalized spacial score (nSPS) is 9.96. The van der Waals surface area contributed by atoms with Gasteiger partial charge in [-0.3, -0.25) is 4.79 Å². The fourth-order valence-electron chi connectivity index (χ4n) is 2.01. The zero-order chi connectivity index (χ0) is 16.7. The second-order valence-electron chi connectivity index (χ2n) is 4.68. The van der Waals surface area contributed by atoms with E-state index in [-0.39, 0.29) is 23.8 Å². The standard InChI is InChI=1S/C17H17NO5/c1-22-14-8-4-2-6-12(14)10-18-16(19)11-23-15-9-5-3-7-13(15)17(20)21/h2-9H,10-11H2,1H3,(H,18,19)(H,20,21). The monoisotopic (exact) mass is 315 g/mol. The molecule has 0 saturated carbocycles. The van der Waals surface area contributed by atoms with E-state index in [0.29, 0.717) is 12.3 Å². The maximum absolute atomic E-state index is 11.8. The molecule has 2 aromatic rings. The van der Waals surface area contributed by atoms with E-state index in [1.54, 1.807) is 25.3 Å². The first-order chi connectivity index (χ1) is 11.1. The first-order valence-electron chi connectivity index (χ1n) is 6.95. The van der Waals surface area contributed by atoms with Gasteiger partial charge in [0.1, 0.15) is 17.1 Å². The number of carbonyl (C=O) groups is 2. The smallest absolute Gasteiger partial charge is 0.339 e. The summed E-state index contributed by atoms with van der Waals surface area (Å²) in [5.74, 6) is -0.608. The lowest BCUT2D eigenvalue weighted by Crippen LogP contribution is -2.28. The Morgan fingerprint density at radius 1 is 1.04 bits per heavy atom. The molecule has 0 atom stereocenters. The number of aromatic carboxylic acids is 1. The molecule has 0 aliphatic heterocycles. The number of nitrogens with one attached hydrogen (secondary N) is 1. The molecule has 0 unspecified atom stereocenters. The van der Waals surface area contributed by atoms with Gasteiger partial charge >= 0.3 is 5.97 Å². The number of hydrogen-bond acceptors (Lipinski definition) is 4. The highest BCUT2D eigenvalue weighted by molar-refractivity contribution is 5.91. The summed E-state index contributed by atoms with van der Waals surface area (Å²) in [6.45, 7) is 0.0340. The van der Waals surface area contributed by atoms with E-state index in [0.717, 1.165) is 5.56 Å². The second kappa shape index (κ2) is 7.84. The van der Waals surface area contributed by atoms with E-state index in [9.17, 15) is 9.59 Å². The molecule has 23 heavy (non-hydrogen) atoms. The third kappa shape index (κ3) is 4.47. The molecule has 0 fully saturated rings. The Morgan fingerprint density at radius 2 is 1.70 bits per heavy atom. The van der Waals surface area contributed by atoms with Gasteiger partial charge in [-0.05, 0) is 18.2 Å². The van der Waals surface area contributed by atoms with Crippen molar-refractivity contribution in [3.8, 4) is 11.5 Å². The minimum absolute atomic E-state index is 0.0185. The van der Waals surface area contributed by atoms with Crippen molar-refractivity contribution in [3.05, 3.63) is 59.7 Å². The second-order valence-corrected chi connectivity index (χ2v) is 4.68. The van der Waals surface area contributed by atoms with Crippen LogP contribution in [0.25, 0.3) is 0 Å². The molecule has 2 aromatic carbocycles. The molecule has 120 valence electrons. The van der Waals surface area contributed by atoms with Gasteiger partial charge in [0.05, 0.1) is 7.11 Å². The SMILES string of the molecule is COc1ccccc1CNC(=O)COc1ccccc1C(=O)O. The molecule has 6 nitrogen and oxygen atoms in total. The van der Waals surface area contributed by atoms with Crippen molar-refractivity contribution in [2.75, 3.05) is 13.7 Å². The number of carboxylic acids is 1. The lowest BCUT2D eigenvalue weighted by atomic mass is 10.2. The summed E-state index contributed by atoms with van der Waals surface area (Å²) in [5, 5.41) is 11.7. The number of carboxylic acid groups (broad SMARTS) is 1. The molecule has 0 aliphatic rings. The lowest BCUT2D eigenvalue weighted by molar-refractivity contribution is -0.123. The zero-order valence-corrected chi connectivity index (χ0v) is 12.6. The van der Waals surface area contributed by atoms with Crippen LogP contribution in [-0.4, -0.2) is 30.7 Å². The largest absolute Gasteiger partial charge is 0.496 e. The van der Waals surface area contributed by atoms with Crippen molar-refractivity contribution in [1.29, 1.82) is 0 Å². The van der Waals surface area contributed by atoms with Crippen molar-refractivity contribution < 1.29 is 24.2 Å². The summed E-state index contributed by atoms with van der Waals surface area (Å²) in [7, 11) is 1.56. The topological polar surface area (TPSA) is 84.9 Å². The average Bonchev–Trinajstić information content (AvgIpc) is 2.58. The van der Waals surface area contributed by atoms with Gasteiger partial charge in [0.15, 0.2) is 6.61 Å². The Morgan fingerprint density at radius 3 is 2.39 bits per heavy atom. The number of rotatable bonds is 7. The van der Waals surface area contributed by atoms with E-state index < -0.39 is 5.97 Å². The Labute approximate surface area is 133 Å². The summed E-state index contributed by atoms with van der Waals surface area (Å²) in [4.78, 5) is 22.9. The van der Waals surface area contributed by atoms with Crippen LogP contribution in [0.2, 0.25) is 0 Å². The number of para-hydroxylation sites is 2. The minimum Gasteiger partial charge on any atom is -0.496 e. The van der Waals surface area contributed by atoms with Crippen molar-refractivity contribution in [3.63, 3.8) is 0 Å². The number of methoxy groups -OCH3 is 1. The molecule has 0 bridgehead atoms. The van der Waals surface area contributed by atoms with Gasteiger partial charge in [-0.25, -0.2) is 4.79 Å². The van der Waals surface area contributed by atoms with Gasteiger partial charge in [-0.1, -0.05) is 30.3 Å². The van der Waals surface area contributed by atoms with Crippen molar-refractivity contribution in [2.24, 2.45) is 0 Å².